The summed E-state index contributed by atoms with van der Waals surface area (Å²) in [6.07, 6.45) is 8.68. The van der Waals surface area contributed by atoms with Crippen LogP contribution in [0.4, 0.5) is 0 Å². The Morgan fingerprint density at radius 1 is 0.914 bits per heavy atom. The molecular formula is C29H42O6. The molecule has 1 aliphatic rings. The van der Waals surface area contributed by atoms with Gasteiger partial charge in [-0.3, -0.25) is 0 Å². The number of aliphatic hydroxyl groups excluding tert-OH is 2. The van der Waals surface area contributed by atoms with Crippen molar-refractivity contribution in [3.05, 3.63) is 59.7 Å². The molecular weight excluding hydrogens is 444 g/mol. The van der Waals surface area contributed by atoms with E-state index in [4.69, 9.17) is 19.7 Å². The van der Waals surface area contributed by atoms with Crippen LogP contribution in [0.15, 0.2) is 48.6 Å². The zero-order valence-electron chi connectivity index (χ0n) is 21.4. The standard InChI is InChI=1S/C29H42O6/c1-5-6-7-8-23-9-11-24(12-10-23)25-13-15-26(16-14-25)29(4,19-34-27(32)21(2)17-30)20-35-28(33)22(3)18-31/h9-12,25-26,30-31H,2-3,5-8,13-20H2,1,4H3. The monoisotopic (exact) mass is 486 g/mol. The summed E-state index contributed by atoms with van der Waals surface area (Å²) < 4.78 is 10.9. The summed E-state index contributed by atoms with van der Waals surface area (Å²) in [5.74, 6) is -0.652. The largest absolute Gasteiger partial charge is 0.462 e. The van der Waals surface area contributed by atoms with E-state index in [1.165, 1.54) is 30.4 Å². The second-order valence-electron chi connectivity index (χ2n) is 10.1. The fourth-order valence-electron chi connectivity index (χ4n) is 4.73. The summed E-state index contributed by atoms with van der Waals surface area (Å²) >= 11 is 0. The Bertz CT molecular complexity index is 816. The topological polar surface area (TPSA) is 93.1 Å². The maximum Gasteiger partial charge on any atom is 0.335 e. The molecule has 0 bridgehead atoms. The van der Waals surface area contributed by atoms with Gasteiger partial charge in [0.15, 0.2) is 0 Å². The lowest BCUT2D eigenvalue weighted by atomic mass is 9.67. The van der Waals surface area contributed by atoms with Crippen molar-refractivity contribution in [2.45, 2.75) is 71.1 Å². The predicted octanol–water partition coefficient (Wildman–Crippen LogP) is 4.88. The number of unbranched alkanes of at least 4 members (excludes halogenated alkanes) is 2. The van der Waals surface area contributed by atoms with Crippen LogP contribution < -0.4 is 0 Å². The van der Waals surface area contributed by atoms with E-state index in [0.717, 1.165) is 32.1 Å². The number of esters is 2. The first kappa shape index (κ1) is 28.8. The van der Waals surface area contributed by atoms with E-state index in [0.29, 0.717) is 5.92 Å². The second kappa shape index (κ2) is 14.2. The Morgan fingerprint density at radius 3 is 1.89 bits per heavy atom. The first-order valence-electron chi connectivity index (χ1n) is 12.7. The van der Waals surface area contributed by atoms with E-state index >= 15 is 0 Å². The maximum absolute atomic E-state index is 12.1. The van der Waals surface area contributed by atoms with Crippen molar-refractivity contribution in [3.8, 4) is 0 Å². The van der Waals surface area contributed by atoms with Crippen LogP contribution in [0.25, 0.3) is 0 Å². The molecule has 2 N–H and O–H groups in total. The third kappa shape index (κ3) is 8.62. The third-order valence-electron chi connectivity index (χ3n) is 7.26. The molecule has 0 heterocycles. The normalized spacial score (nSPS) is 18.1. The summed E-state index contributed by atoms with van der Waals surface area (Å²) in [6, 6.07) is 9.02. The minimum absolute atomic E-state index is 0.0140. The number of rotatable bonds is 14. The Labute approximate surface area is 210 Å². The van der Waals surface area contributed by atoms with Gasteiger partial charge in [-0.2, -0.15) is 0 Å². The minimum Gasteiger partial charge on any atom is -0.462 e. The molecule has 1 saturated carbocycles. The first-order chi connectivity index (χ1) is 16.7. The van der Waals surface area contributed by atoms with Crippen molar-refractivity contribution in [1.82, 2.24) is 0 Å². The molecule has 0 aromatic heterocycles. The molecule has 35 heavy (non-hydrogen) atoms. The van der Waals surface area contributed by atoms with Crippen LogP contribution in [0.5, 0.6) is 0 Å². The van der Waals surface area contributed by atoms with E-state index in [1.54, 1.807) is 0 Å². The summed E-state index contributed by atoms with van der Waals surface area (Å²) in [4.78, 5) is 24.2. The van der Waals surface area contributed by atoms with Gasteiger partial charge in [-0.15, -0.1) is 0 Å². The number of carbonyl (C=O) groups excluding carboxylic acids is 2. The predicted molar refractivity (Wildman–Crippen MR) is 137 cm³/mol. The number of aliphatic hydroxyl groups is 2. The number of carbonyl (C=O) groups is 2. The third-order valence-corrected chi connectivity index (χ3v) is 7.26. The van der Waals surface area contributed by atoms with Crippen molar-refractivity contribution in [3.63, 3.8) is 0 Å². The van der Waals surface area contributed by atoms with Gasteiger partial charge in [0.25, 0.3) is 0 Å². The van der Waals surface area contributed by atoms with Crippen LogP contribution in [-0.4, -0.2) is 48.6 Å². The van der Waals surface area contributed by atoms with Gasteiger partial charge < -0.3 is 19.7 Å². The van der Waals surface area contributed by atoms with Crippen molar-refractivity contribution in [1.29, 1.82) is 0 Å². The molecule has 194 valence electrons. The smallest absolute Gasteiger partial charge is 0.335 e. The highest BCUT2D eigenvalue weighted by Crippen LogP contribution is 2.44. The van der Waals surface area contributed by atoms with E-state index in [9.17, 15) is 9.59 Å². The van der Waals surface area contributed by atoms with E-state index < -0.39 is 30.6 Å². The molecule has 1 aliphatic carbocycles. The Hall–Kier alpha value is -2.44. The highest BCUT2D eigenvalue weighted by atomic mass is 16.5. The van der Waals surface area contributed by atoms with Crippen molar-refractivity contribution in [2.24, 2.45) is 11.3 Å². The fraction of sp³-hybridized carbons (Fsp3) is 0.586. The molecule has 1 fully saturated rings. The molecule has 6 heteroatoms. The quantitative estimate of drug-likeness (QED) is 0.221. The SMILES string of the molecule is C=C(CO)C(=O)OCC(C)(COC(=O)C(=C)CO)C1CCC(c2ccc(CCCCC)cc2)CC1. The average molecular weight is 487 g/mol. The van der Waals surface area contributed by atoms with Gasteiger partial charge in [-0.05, 0) is 61.5 Å². The number of ether oxygens (including phenoxy) is 2. The van der Waals surface area contributed by atoms with Crippen molar-refractivity contribution < 1.29 is 29.3 Å². The summed E-state index contributed by atoms with van der Waals surface area (Å²) in [5.41, 5.74) is 2.12. The van der Waals surface area contributed by atoms with Gasteiger partial charge in [-0.25, -0.2) is 9.59 Å². The molecule has 2 rings (SSSR count). The van der Waals surface area contributed by atoms with Crippen LogP contribution in [-0.2, 0) is 25.5 Å². The molecule has 0 radical (unpaired) electrons. The van der Waals surface area contributed by atoms with Crippen LogP contribution >= 0.6 is 0 Å². The lowest BCUT2D eigenvalue weighted by Gasteiger charge is -2.41. The second-order valence-corrected chi connectivity index (χ2v) is 10.1. The molecule has 0 saturated heterocycles. The molecule has 0 amide bonds. The van der Waals surface area contributed by atoms with Gasteiger partial charge >= 0.3 is 11.9 Å². The molecule has 1 aromatic carbocycles. The van der Waals surface area contributed by atoms with Gasteiger partial charge in [0, 0.05) is 5.41 Å². The van der Waals surface area contributed by atoms with Crippen molar-refractivity contribution in [2.75, 3.05) is 26.4 Å². The highest BCUT2D eigenvalue weighted by molar-refractivity contribution is 5.88. The molecule has 0 atom stereocenters. The fourth-order valence-corrected chi connectivity index (χ4v) is 4.73. The summed E-state index contributed by atoms with van der Waals surface area (Å²) in [5, 5.41) is 18.3. The summed E-state index contributed by atoms with van der Waals surface area (Å²) in [7, 11) is 0. The zero-order chi connectivity index (χ0) is 25.8. The van der Waals surface area contributed by atoms with Gasteiger partial charge in [-0.1, -0.05) is 64.1 Å². The number of hydrogen-bond acceptors (Lipinski definition) is 6. The van der Waals surface area contributed by atoms with Crippen LogP contribution in [0.3, 0.4) is 0 Å². The van der Waals surface area contributed by atoms with E-state index in [2.05, 4.69) is 44.3 Å². The van der Waals surface area contributed by atoms with E-state index in [1.807, 2.05) is 6.92 Å². The maximum atomic E-state index is 12.1. The average Bonchev–Trinajstić information content (AvgIpc) is 2.90. The van der Waals surface area contributed by atoms with Crippen molar-refractivity contribution >= 4 is 11.9 Å². The van der Waals surface area contributed by atoms with Gasteiger partial charge in [0.2, 0.25) is 0 Å². The lowest BCUT2D eigenvalue weighted by Crippen LogP contribution is -2.40. The Kier molecular flexibility index (Phi) is 11.7. The lowest BCUT2D eigenvalue weighted by molar-refractivity contribution is -0.152. The molecule has 6 nitrogen and oxygen atoms in total. The zero-order valence-corrected chi connectivity index (χ0v) is 21.4. The first-order valence-corrected chi connectivity index (χ1v) is 12.7. The molecule has 1 aromatic rings. The number of aryl methyl sites for hydroxylation is 1. The van der Waals surface area contributed by atoms with Crippen LogP contribution in [0, 0.1) is 11.3 Å². The summed E-state index contributed by atoms with van der Waals surface area (Å²) in [6.45, 7) is 10.4. The molecule has 0 spiro atoms. The number of hydrogen-bond donors (Lipinski definition) is 2. The Morgan fingerprint density at radius 2 is 1.43 bits per heavy atom. The highest BCUT2D eigenvalue weighted by Gasteiger charge is 2.40. The Balaban J connectivity index is 2.02. The van der Waals surface area contributed by atoms with Crippen LogP contribution in [0.2, 0.25) is 0 Å². The molecule has 0 unspecified atom stereocenters. The van der Waals surface area contributed by atoms with Gasteiger partial charge in [0.05, 0.1) is 24.4 Å². The molecule has 0 aliphatic heterocycles. The number of benzene rings is 1. The van der Waals surface area contributed by atoms with E-state index in [-0.39, 0.29) is 30.3 Å². The minimum atomic E-state index is -0.655. The van der Waals surface area contributed by atoms with Gasteiger partial charge in [0.1, 0.15) is 13.2 Å². The van der Waals surface area contributed by atoms with Crippen LogP contribution in [0.1, 0.15) is 75.8 Å².